The number of carbonyl (C=O) groups excluding carboxylic acids is 1. The second-order valence-electron chi connectivity index (χ2n) is 6.82. The van der Waals surface area contributed by atoms with Crippen molar-refractivity contribution in [3.05, 3.63) is 82.6 Å². The lowest BCUT2D eigenvalue weighted by atomic mass is 9.92. The fourth-order valence-corrected chi connectivity index (χ4v) is 3.84. The number of ether oxygens (including phenoxy) is 1. The molecule has 2 aliphatic heterocycles. The van der Waals surface area contributed by atoms with Crippen molar-refractivity contribution in [2.45, 2.75) is 18.6 Å². The number of Topliss-reactive ketones (excluding diaryl/α,β-unsaturated/α-hetero) is 1. The minimum Gasteiger partial charge on any atom is -0.494 e. The van der Waals surface area contributed by atoms with Crippen LogP contribution in [0, 0.1) is 5.82 Å². The van der Waals surface area contributed by atoms with Gasteiger partial charge in [0.15, 0.2) is 11.6 Å². The minimum absolute atomic E-state index is 0.0158. The molecule has 0 amide bonds. The Balaban J connectivity index is 1.76. The van der Waals surface area contributed by atoms with Crippen molar-refractivity contribution in [1.82, 2.24) is 14.9 Å². The number of hydrogen-bond acceptors (Lipinski definition) is 6. The standard InChI is InChI=1S/C21H19ClFN3O3/c1-29-16-7-4-5-14(19(16)23)20-21(27)15-6-2-3-10-25(15)18(26(20)28)11-13-8-9-17(22)24-12-13/h2-9,12,18,20,28H,10-11H2,1H3. The number of rotatable bonds is 4. The van der Waals surface area contributed by atoms with Crippen LogP contribution >= 0.6 is 11.6 Å². The third-order valence-corrected chi connectivity index (χ3v) is 5.37. The molecule has 0 aliphatic carbocycles. The first kappa shape index (κ1) is 19.6. The monoisotopic (exact) mass is 415 g/mol. The zero-order valence-corrected chi connectivity index (χ0v) is 16.4. The molecule has 4 rings (SSSR count). The number of pyridine rings is 1. The smallest absolute Gasteiger partial charge is 0.203 e. The number of benzene rings is 1. The molecule has 2 unspecified atom stereocenters. The fourth-order valence-electron chi connectivity index (χ4n) is 3.73. The van der Waals surface area contributed by atoms with Gasteiger partial charge in [-0.1, -0.05) is 42.0 Å². The van der Waals surface area contributed by atoms with Crippen LogP contribution in [0.3, 0.4) is 0 Å². The molecule has 0 bridgehead atoms. The highest BCUT2D eigenvalue weighted by Crippen LogP contribution is 2.38. The Kier molecular flexibility index (Phi) is 5.36. The highest BCUT2D eigenvalue weighted by atomic mass is 35.5. The number of carbonyl (C=O) groups is 1. The van der Waals surface area contributed by atoms with Crippen LogP contribution < -0.4 is 4.74 Å². The van der Waals surface area contributed by atoms with E-state index in [2.05, 4.69) is 4.98 Å². The van der Waals surface area contributed by atoms with Gasteiger partial charge >= 0.3 is 0 Å². The van der Waals surface area contributed by atoms with E-state index >= 15 is 0 Å². The van der Waals surface area contributed by atoms with E-state index in [1.165, 1.54) is 19.2 Å². The van der Waals surface area contributed by atoms with Gasteiger partial charge in [-0.3, -0.25) is 4.79 Å². The van der Waals surface area contributed by atoms with E-state index in [0.717, 1.165) is 10.6 Å². The van der Waals surface area contributed by atoms with E-state index in [-0.39, 0.29) is 17.1 Å². The Labute approximate surface area is 172 Å². The van der Waals surface area contributed by atoms with Crippen molar-refractivity contribution in [2.24, 2.45) is 0 Å². The summed E-state index contributed by atoms with van der Waals surface area (Å²) in [5.41, 5.74) is 1.31. The maximum Gasteiger partial charge on any atom is 0.203 e. The molecule has 0 radical (unpaired) electrons. The summed E-state index contributed by atoms with van der Waals surface area (Å²) in [6.07, 6.45) is 6.76. The van der Waals surface area contributed by atoms with Gasteiger partial charge in [0.25, 0.3) is 0 Å². The third kappa shape index (κ3) is 3.53. The number of nitrogens with zero attached hydrogens (tertiary/aromatic N) is 3. The second-order valence-corrected chi connectivity index (χ2v) is 7.20. The molecule has 150 valence electrons. The number of hydroxylamine groups is 2. The van der Waals surface area contributed by atoms with Crippen molar-refractivity contribution in [2.75, 3.05) is 13.7 Å². The third-order valence-electron chi connectivity index (χ3n) is 5.15. The number of halogens is 2. The van der Waals surface area contributed by atoms with Gasteiger partial charge in [0.1, 0.15) is 17.4 Å². The lowest BCUT2D eigenvalue weighted by molar-refractivity contribution is -0.209. The van der Waals surface area contributed by atoms with E-state index in [9.17, 15) is 14.4 Å². The molecule has 1 aromatic heterocycles. The van der Waals surface area contributed by atoms with Crippen LogP contribution in [-0.4, -0.2) is 45.8 Å². The summed E-state index contributed by atoms with van der Waals surface area (Å²) in [5, 5.41) is 12.3. The van der Waals surface area contributed by atoms with Gasteiger partial charge in [-0.15, -0.1) is 0 Å². The molecule has 1 saturated heterocycles. The average molecular weight is 416 g/mol. The second kappa shape index (κ2) is 7.94. The summed E-state index contributed by atoms with van der Waals surface area (Å²) in [6.45, 7) is 0.452. The van der Waals surface area contributed by atoms with Crippen LogP contribution in [0.15, 0.2) is 60.5 Å². The zero-order chi connectivity index (χ0) is 20.5. The van der Waals surface area contributed by atoms with E-state index in [1.807, 2.05) is 12.1 Å². The number of ketones is 1. The van der Waals surface area contributed by atoms with Crippen LogP contribution in [0.25, 0.3) is 0 Å². The number of methoxy groups -OCH3 is 1. The Morgan fingerprint density at radius 2 is 2.17 bits per heavy atom. The lowest BCUT2D eigenvalue weighted by Gasteiger charge is -2.47. The Hall–Kier alpha value is -2.74. The highest BCUT2D eigenvalue weighted by molar-refractivity contribution is 6.29. The molecule has 2 aromatic rings. The van der Waals surface area contributed by atoms with Crippen molar-refractivity contribution in [1.29, 1.82) is 0 Å². The summed E-state index contributed by atoms with van der Waals surface area (Å²) in [6, 6.07) is 6.84. The van der Waals surface area contributed by atoms with Crippen molar-refractivity contribution in [3.8, 4) is 5.75 Å². The average Bonchev–Trinajstić information content (AvgIpc) is 2.74. The van der Waals surface area contributed by atoms with Crippen LogP contribution in [0.4, 0.5) is 4.39 Å². The van der Waals surface area contributed by atoms with E-state index < -0.39 is 18.0 Å². The lowest BCUT2D eigenvalue weighted by Crippen LogP contribution is -2.57. The number of aromatic nitrogens is 1. The molecule has 29 heavy (non-hydrogen) atoms. The zero-order valence-electron chi connectivity index (χ0n) is 15.6. The molecule has 8 heteroatoms. The quantitative estimate of drug-likeness (QED) is 0.771. The fraction of sp³-hybridized carbons (Fsp3) is 0.238. The Morgan fingerprint density at radius 3 is 2.90 bits per heavy atom. The SMILES string of the molecule is COc1cccc(C2C(=O)C3=CC=CCN3C(Cc3ccc(Cl)nc3)N2O)c1F. The van der Waals surface area contributed by atoms with E-state index in [1.54, 1.807) is 35.4 Å². The molecule has 6 nitrogen and oxygen atoms in total. The molecule has 1 N–H and O–H groups in total. The normalized spacial score (nSPS) is 21.7. The summed E-state index contributed by atoms with van der Waals surface area (Å²) >= 11 is 5.86. The highest BCUT2D eigenvalue weighted by Gasteiger charge is 2.45. The first-order valence-corrected chi connectivity index (χ1v) is 9.46. The van der Waals surface area contributed by atoms with Crippen LogP contribution in [0.2, 0.25) is 5.15 Å². The Morgan fingerprint density at radius 1 is 1.34 bits per heavy atom. The largest absolute Gasteiger partial charge is 0.494 e. The predicted octanol–water partition coefficient (Wildman–Crippen LogP) is 3.52. The first-order valence-electron chi connectivity index (χ1n) is 9.09. The molecule has 0 saturated carbocycles. The van der Waals surface area contributed by atoms with Crippen molar-refractivity contribution in [3.63, 3.8) is 0 Å². The van der Waals surface area contributed by atoms with Gasteiger partial charge in [-0.25, -0.2) is 9.37 Å². The Bertz CT molecular complexity index is 993. The molecule has 1 fully saturated rings. The van der Waals surface area contributed by atoms with Crippen molar-refractivity contribution >= 4 is 17.4 Å². The van der Waals surface area contributed by atoms with Crippen molar-refractivity contribution < 1.29 is 19.1 Å². The maximum absolute atomic E-state index is 14.9. The maximum atomic E-state index is 14.9. The van der Waals surface area contributed by atoms with Gasteiger partial charge in [0.05, 0.1) is 12.8 Å². The first-order chi connectivity index (χ1) is 14.0. The van der Waals surface area contributed by atoms with Gasteiger partial charge in [0.2, 0.25) is 5.78 Å². The van der Waals surface area contributed by atoms with Crippen LogP contribution in [-0.2, 0) is 11.2 Å². The summed E-state index contributed by atoms with van der Waals surface area (Å²) in [5.74, 6) is -1.03. The van der Waals surface area contributed by atoms with Gasteiger partial charge in [-0.05, 0) is 23.8 Å². The van der Waals surface area contributed by atoms with Gasteiger partial charge < -0.3 is 14.8 Å². The minimum atomic E-state index is -1.19. The van der Waals surface area contributed by atoms with Gasteiger partial charge in [0, 0.05) is 24.7 Å². The van der Waals surface area contributed by atoms with Crippen LogP contribution in [0.5, 0.6) is 5.75 Å². The number of fused-ring (bicyclic) bond motifs is 1. The molecule has 2 aliphatic rings. The topological polar surface area (TPSA) is 65.9 Å². The molecular formula is C21H19ClFN3O3. The van der Waals surface area contributed by atoms with Gasteiger partial charge in [-0.2, -0.15) is 5.06 Å². The predicted molar refractivity (Wildman–Crippen MR) is 105 cm³/mol. The number of hydrogen-bond donors (Lipinski definition) is 1. The molecule has 3 heterocycles. The van der Waals surface area contributed by atoms with Crippen LogP contribution in [0.1, 0.15) is 17.2 Å². The summed E-state index contributed by atoms with van der Waals surface area (Å²) < 4.78 is 20.0. The summed E-state index contributed by atoms with van der Waals surface area (Å²) in [4.78, 5) is 19.1. The number of allylic oxidation sites excluding steroid dienone is 2. The molecule has 1 aromatic carbocycles. The molecule has 0 spiro atoms. The molecular weight excluding hydrogens is 397 g/mol. The summed E-state index contributed by atoms with van der Waals surface area (Å²) in [7, 11) is 1.36. The van der Waals surface area contributed by atoms with E-state index in [4.69, 9.17) is 16.3 Å². The van der Waals surface area contributed by atoms with E-state index in [0.29, 0.717) is 23.8 Å². The molecule has 2 atom stereocenters.